The van der Waals surface area contributed by atoms with Gasteiger partial charge in [-0.05, 0) is 23.8 Å². The minimum Gasteiger partial charge on any atom is -0.478 e. The lowest BCUT2D eigenvalue weighted by molar-refractivity contribution is 0.0698. The van der Waals surface area contributed by atoms with Crippen molar-refractivity contribution in [3.05, 3.63) is 42.4 Å². The molecule has 3 rings (SSSR count). The lowest BCUT2D eigenvalue weighted by Gasteiger charge is -2.07. The molecule has 0 saturated carbocycles. The number of anilines is 1. The van der Waals surface area contributed by atoms with Crippen molar-refractivity contribution in [3.8, 4) is 11.1 Å². The number of rotatable bonds is 2. The van der Waals surface area contributed by atoms with Gasteiger partial charge in [0.2, 0.25) is 0 Å². The van der Waals surface area contributed by atoms with Gasteiger partial charge in [-0.15, -0.1) is 0 Å². The van der Waals surface area contributed by atoms with Crippen LogP contribution in [0.15, 0.2) is 41.3 Å². The van der Waals surface area contributed by atoms with E-state index < -0.39 is 5.97 Å². The molecule has 0 aliphatic heterocycles. The van der Waals surface area contributed by atoms with Crippen LogP contribution >= 0.6 is 0 Å². The number of nitrogens with two attached hydrogens (primary N) is 1. The highest BCUT2D eigenvalue weighted by Crippen LogP contribution is 2.28. The Morgan fingerprint density at radius 2 is 2.11 bits per heavy atom. The summed E-state index contributed by atoms with van der Waals surface area (Å²) in [6, 6.07) is 6.86. The van der Waals surface area contributed by atoms with Crippen molar-refractivity contribution < 1.29 is 14.3 Å². The molecule has 94 valence electrons. The predicted octanol–water partition coefficient (Wildman–Crippen LogP) is 2.17. The first-order chi connectivity index (χ1) is 9.16. The van der Waals surface area contributed by atoms with E-state index in [4.69, 9.17) is 10.2 Å². The Morgan fingerprint density at radius 3 is 2.89 bits per heavy atom. The van der Waals surface area contributed by atoms with Gasteiger partial charge in [-0.25, -0.2) is 14.8 Å². The molecule has 1 aromatic carbocycles. The Balaban J connectivity index is 2.26. The fraction of sp³-hybridized carbons (Fsp3) is 0. The molecule has 3 aromatic rings. The number of hydrogen-bond donors (Lipinski definition) is 2. The summed E-state index contributed by atoms with van der Waals surface area (Å²) < 4.78 is 5.21. The van der Waals surface area contributed by atoms with Crippen LogP contribution in [0.5, 0.6) is 0 Å². The molecule has 19 heavy (non-hydrogen) atoms. The van der Waals surface area contributed by atoms with Crippen LogP contribution in [0.1, 0.15) is 10.4 Å². The molecule has 0 spiro atoms. The van der Waals surface area contributed by atoms with E-state index in [-0.39, 0.29) is 11.4 Å². The summed E-state index contributed by atoms with van der Waals surface area (Å²) in [6.07, 6.45) is 2.81. The molecular formula is C13H9N3O3. The smallest absolute Gasteiger partial charge is 0.340 e. The highest BCUT2D eigenvalue weighted by atomic mass is 16.4. The van der Waals surface area contributed by atoms with Crippen molar-refractivity contribution in [2.45, 2.75) is 0 Å². The van der Waals surface area contributed by atoms with Crippen molar-refractivity contribution in [3.63, 3.8) is 0 Å². The zero-order valence-corrected chi connectivity index (χ0v) is 9.70. The Labute approximate surface area is 107 Å². The van der Waals surface area contributed by atoms with Crippen molar-refractivity contribution in [1.82, 2.24) is 9.97 Å². The first-order valence-corrected chi connectivity index (χ1v) is 5.48. The molecule has 0 unspecified atom stereocenters. The second-order valence-corrected chi connectivity index (χ2v) is 3.96. The third kappa shape index (κ3) is 1.79. The monoisotopic (exact) mass is 255 g/mol. The van der Waals surface area contributed by atoms with E-state index in [1.54, 1.807) is 24.3 Å². The van der Waals surface area contributed by atoms with Gasteiger partial charge in [-0.2, -0.15) is 0 Å². The number of hydrogen-bond acceptors (Lipinski definition) is 5. The molecular weight excluding hydrogens is 246 g/mol. The Morgan fingerprint density at radius 1 is 1.26 bits per heavy atom. The van der Waals surface area contributed by atoms with E-state index in [2.05, 4.69) is 9.97 Å². The molecule has 0 bridgehead atoms. The molecule has 2 heterocycles. The number of carbonyl (C=O) groups is 1. The molecule has 2 aromatic heterocycles. The van der Waals surface area contributed by atoms with Gasteiger partial charge < -0.3 is 15.3 Å². The number of aromatic carboxylic acids is 1. The number of nitrogens with zero attached hydrogens (tertiary/aromatic N) is 2. The van der Waals surface area contributed by atoms with Crippen LogP contribution in [-0.4, -0.2) is 21.0 Å². The molecule has 0 amide bonds. The fourth-order valence-electron chi connectivity index (χ4n) is 1.97. The van der Waals surface area contributed by atoms with Crippen molar-refractivity contribution in [1.29, 1.82) is 0 Å². The van der Waals surface area contributed by atoms with Crippen LogP contribution in [0.4, 0.5) is 5.82 Å². The second kappa shape index (κ2) is 4.09. The first kappa shape index (κ1) is 11.2. The van der Waals surface area contributed by atoms with E-state index in [9.17, 15) is 9.90 Å². The van der Waals surface area contributed by atoms with Crippen molar-refractivity contribution in [2.75, 3.05) is 5.73 Å². The number of pyridine rings is 1. The minimum absolute atomic E-state index is 0.0114. The molecule has 0 atom stereocenters. The maximum atomic E-state index is 11.3. The molecule has 0 radical (unpaired) electrons. The van der Waals surface area contributed by atoms with Gasteiger partial charge in [0, 0.05) is 11.8 Å². The van der Waals surface area contributed by atoms with Gasteiger partial charge in [0.15, 0.2) is 12.0 Å². The molecule has 6 heteroatoms. The summed E-state index contributed by atoms with van der Waals surface area (Å²) in [5.74, 6) is -1.12. The average Bonchev–Trinajstić information content (AvgIpc) is 2.85. The van der Waals surface area contributed by atoms with Gasteiger partial charge in [0.1, 0.15) is 16.9 Å². The Kier molecular flexibility index (Phi) is 2.42. The van der Waals surface area contributed by atoms with E-state index in [0.717, 1.165) is 0 Å². The van der Waals surface area contributed by atoms with Crippen LogP contribution in [0.3, 0.4) is 0 Å². The predicted molar refractivity (Wildman–Crippen MR) is 68.6 cm³/mol. The minimum atomic E-state index is -1.11. The van der Waals surface area contributed by atoms with Crippen LogP contribution < -0.4 is 5.73 Å². The third-order valence-electron chi connectivity index (χ3n) is 2.84. The SMILES string of the molecule is Nc1nccc(-c2ccc3ncoc3c2)c1C(=O)O. The summed E-state index contributed by atoms with van der Waals surface area (Å²) in [6.45, 7) is 0. The largest absolute Gasteiger partial charge is 0.478 e. The summed E-state index contributed by atoms with van der Waals surface area (Å²) in [5, 5.41) is 9.23. The zero-order chi connectivity index (χ0) is 13.4. The number of oxazole rings is 1. The number of benzene rings is 1. The van der Waals surface area contributed by atoms with Crippen molar-refractivity contribution in [2.24, 2.45) is 0 Å². The third-order valence-corrected chi connectivity index (χ3v) is 2.84. The van der Waals surface area contributed by atoms with Gasteiger partial charge in [0.25, 0.3) is 0 Å². The number of carboxylic acids is 1. The Hall–Kier alpha value is -2.89. The second-order valence-electron chi connectivity index (χ2n) is 3.96. The maximum Gasteiger partial charge on any atom is 0.340 e. The highest BCUT2D eigenvalue weighted by Gasteiger charge is 2.16. The van der Waals surface area contributed by atoms with Gasteiger partial charge >= 0.3 is 5.97 Å². The summed E-state index contributed by atoms with van der Waals surface area (Å²) in [5.41, 5.74) is 8.10. The molecule has 0 fully saturated rings. The highest BCUT2D eigenvalue weighted by molar-refractivity contribution is 6.01. The van der Waals surface area contributed by atoms with Gasteiger partial charge in [-0.1, -0.05) is 6.07 Å². The lowest BCUT2D eigenvalue weighted by Crippen LogP contribution is -2.06. The Bertz CT molecular complexity index is 780. The van der Waals surface area contributed by atoms with E-state index in [0.29, 0.717) is 22.2 Å². The molecule has 6 nitrogen and oxygen atoms in total. The number of carboxylic acid groups (broad SMARTS) is 1. The quantitative estimate of drug-likeness (QED) is 0.727. The zero-order valence-electron chi connectivity index (χ0n) is 9.70. The topological polar surface area (TPSA) is 102 Å². The lowest BCUT2D eigenvalue weighted by atomic mass is 10.0. The van der Waals surface area contributed by atoms with Crippen LogP contribution in [0.2, 0.25) is 0 Å². The van der Waals surface area contributed by atoms with Crippen molar-refractivity contribution >= 4 is 22.9 Å². The van der Waals surface area contributed by atoms with Crippen LogP contribution in [0.25, 0.3) is 22.2 Å². The first-order valence-electron chi connectivity index (χ1n) is 5.48. The summed E-state index contributed by atoms with van der Waals surface area (Å²) in [7, 11) is 0. The number of nitrogen functional groups attached to an aromatic ring is 1. The van der Waals surface area contributed by atoms with E-state index >= 15 is 0 Å². The summed E-state index contributed by atoms with van der Waals surface area (Å²) >= 11 is 0. The summed E-state index contributed by atoms with van der Waals surface area (Å²) in [4.78, 5) is 19.1. The maximum absolute atomic E-state index is 11.3. The molecule has 0 aliphatic rings. The van der Waals surface area contributed by atoms with Gasteiger partial charge in [0.05, 0.1) is 0 Å². The molecule has 0 aliphatic carbocycles. The van der Waals surface area contributed by atoms with E-state index in [1.165, 1.54) is 12.6 Å². The standard InChI is InChI=1S/C13H9N3O3/c14-12-11(13(17)18)8(3-4-15-12)7-1-2-9-10(5-7)19-6-16-9/h1-6H,(H2,14,15)(H,17,18). The number of fused-ring (bicyclic) bond motifs is 1. The fourth-order valence-corrected chi connectivity index (χ4v) is 1.97. The van der Waals surface area contributed by atoms with E-state index in [1.807, 2.05) is 0 Å². The van der Waals surface area contributed by atoms with Crippen LogP contribution in [-0.2, 0) is 0 Å². The average molecular weight is 255 g/mol. The normalized spacial score (nSPS) is 10.7. The number of aromatic nitrogens is 2. The van der Waals surface area contributed by atoms with Gasteiger partial charge in [-0.3, -0.25) is 0 Å². The molecule has 3 N–H and O–H groups in total. The van der Waals surface area contributed by atoms with Crippen LogP contribution in [0, 0.1) is 0 Å². The molecule has 0 saturated heterocycles.